The molecule has 5 nitrogen and oxygen atoms in total. The number of rotatable bonds is 3. The van der Waals surface area contributed by atoms with Gasteiger partial charge in [-0.05, 0) is 11.6 Å². The zero-order valence-electron chi connectivity index (χ0n) is 8.59. The van der Waals surface area contributed by atoms with Crippen LogP contribution in [0.5, 0.6) is 11.6 Å². The van der Waals surface area contributed by atoms with E-state index in [9.17, 15) is 0 Å². The van der Waals surface area contributed by atoms with Crippen LogP contribution < -0.4 is 4.74 Å². The van der Waals surface area contributed by atoms with Crippen LogP contribution in [-0.2, 0) is 13.7 Å². The topological polar surface area (TPSA) is 60.2 Å². The minimum absolute atomic E-state index is 0.0973. The maximum Gasteiger partial charge on any atom is 0.238 e. The number of aliphatic hydroxyl groups is 1. The summed E-state index contributed by atoms with van der Waals surface area (Å²) in [4.78, 5) is 4.00. The predicted octanol–water partition coefficient (Wildman–Crippen LogP) is 1.75. The summed E-state index contributed by atoms with van der Waals surface area (Å²) >= 11 is 5.94. The molecule has 0 spiro atoms. The second-order valence-corrected chi connectivity index (χ2v) is 3.65. The van der Waals surface area contributed by atoms with Crippen LogP contribution in [0.4, 0.5) is 0 Å². The zero-order valence-corrected chi connectivity index (χ0v) is 9.35. The first-order chi connectivity index (χ1) is 7.69. The lowest BCUT2D eigenvalue weighted by Crippen LogP contribution is -1.91. The molecule has 2 aromatic rings. The van der Waals surface area contributed by atoms with Crippen molar-refractivity contribution >= 4 is 11.6 Å². The number of halogens is 1. The molecule has 0 atom stereocenters. The summed E-state index contributed by atoms with van der Waals surface area (Å²) in [7, 11) is 1.79. The summed E-state index contributed by atoms with van der Waals surface area (Å²) in [5.74, 6) is 0.862. The van der Waals surface area contributed by atoms with Crippen molar-refractivity contribution in [2.75, 3.05) is 0 Å². The van der Waals surface area contributed by atoms with Gasteiger partial charge in [-0.3, -0.25) is 4.68 Å². The second-order valence-electron chi connectivity index (χ2n) is 3.24. The van der Waals surface area contributed by atoms with E-state index in [0.717, 1.165) is 0 Å². The molecule has 0 bridgehead atoms. The Bertz CT molecular complexity index is 499. The highest BCUT2D eigenvalue weighted by molar-refractivity contribution is 6.31. The van der Waals surface area contributed by atoms with Gasteiger partial charge in [-0.1, -0.05) is 11.6 Å². The largest absolute Gasteiger partial charge is 0.434 e. The third-order valence-electron chi connectivity index (χ3n) is 1.94. The molecule has 0 unspecified atom stereocenters. The second kappa shape index (κ2) is 4.51. The molecule has 0 amide bonds. The van der Waals surface area contributed by atoms with Gasteiger partial charge >= 0.3 is 0 Å². The molecule has 0 aliphatic rings. The fourth-order valence-electron chi connectivity index (χ4n) is 1.19. The van der Waals surface area contributed by atoms with Crippen molar-refractivity contribution in [3.63, 3.8) is 0 Å². The van der Waals surface area contributed by atoms with Gasteiger partial charge in [0.05, 0.1) is 19.0 Å². The molecule has 1 N–H and O–H groups in total. The summed E-state index contributed by atoms with van der Waals surface area (Å²) in [6.07, 6.45) is 4.79. The first kappa shape index (κ1) is 10.9. The van der Waals surface area contributed by atoms with E-state index in [1.807, 2.05) is 0 Å². The first-order valence-electron chi connectivity index (χ1n) is 4.61. The van der Waals surface area contributed by atoms with E-state index in [0.29, 0.717) is 22.2 Å². The van der Waals surface area contributed by atoms with Crippen LogP contribution in [0.1, 0.15) is 5.56 Å². The van der Waals surface area contributed by atoms with E-state index >= 15 is 0 Å². The van der Waals surface area contributed by atoms with E-state index in [2.05, 4.69) is 10.1 Å². The fourth-order valence-corrected chi connectivity index (χ4v) is 1.42. The van der Waals surface area contributed by atoms with Crippen LogP contribution in [0.25, 0.3) is 0 Å². The molecule has 6 heteroatoms. The molecule has 84 valence electrons. The molecule has 0 aliphatic carbocycles. The summed E-state index contributed by atoms with van der Waals surface area (Å²) < 4.78 is 7.04. The van der Waals surface area contributed by atoms with Gasteiger partial charge in [0.15, 0.2) is 5.75 Å². The van der Waals surface area contributed by atoms with Crippen molar-refractivity contribution in [3.05, 3.63) is 35.2 Å². The lowest BCUT2D eigenvalue weighted by molar-refractivity contribution is 0.281. The molecule has 0 fully saturated rings. The van der Waals surface area contributed by atoms with Crippen molar-refractivity contribution in [2.45, 2.75) is 6.61 Å². The SMILES string of the molecule is Cn1cc(Oc2ncc(CO)cc2Cl)cn1. The van der Waals surface area contributed by atoms with Gasteiger partial charge < -0.3 is 9.84 Å². The monoisotopic (exact) mass is 239 g/mol. The van der Waals surface area contributed by atoms with Gasteiger partial charge in [-0.2, -0.15) is 5.10 Å². The number of hydrogen-bond acceptors (Lipinski definition) is 4. The average molecular weight is 240 g/mol. The van der Waals surface area contributed by atoms with Gasteiger partial charge in [0, 0.05) is 13.2 Å². The van der Waals surface area contributed by atoms with Crippen molar-refractivity contribution in [2.24, 2.45) is 7.05 Å². The molecule has 2 aromatic heterocycles. The molecular formula is C10H10ClN3O2. The van der Waals surface area contributed by atoms with Crippen molar-refractivity contribution in [1.82, 2.24) is 14.8 Å². The highest BCUT2D eigenvalue weighted by atomic mass is 35.5. The molecule has 0 aromatic carbocycles. The number of pyridine rings is 1. The van der Waals surface area contributed by atoms with Gasteiger partial charge in [0.1, 0.15) is 5.02 Å². The Kier molecular flexibility index (Phi) is 3.07. The molecule has 0 aliphatic heterocycles. The van der Waals surface area contributed by atoms with Crippen LogP contribution in [-0.4, -0.2) is 19.9 Å². The molecule has 2 heterocycles. The third kappa shape index (κ3) is 2.32. The third-order valence-corrected chi connectivity index (χ3v) is 2.21. The molecule has 0 saturated carbocycles. The van der Waals surface area contributed by atoms with Gasteiger partial charge in [-0.25, -0.2) is 4.98 Å². The fraction of sp³-hybridized carbons (Fsp3) is 0.200. The standard InChI is InChI=1S/C10H10ClN3O2/c1-14-5-8(4-13-14)16-10-9(11)2-7(6-15)3-12-10/h2-5,15H,6H2,1H3. The van der Waals surface area contributed by atoms with Gasteiger partial charge in [0.25, 0.3) is 0 Å². The number of aromatic nitrogens is 3. The van der Waals surface area contributed by atoms with E-state index in [1.54, 1.807) is 30.2 Å². The molecule has 0 saturated heterocycles. The van der Waals surface area contributed by atoms with E-state index in [-0.39, 0.29) is 6.61 Å². The lowest BCUT2D eigenvalue weighted by Gasteiger charge is -2.04. The Morgan fingerprint density at radius 2 is 2.31 bits per heavy atom. The molecule has 2 rings (SSSR count). The molecule has 16 heavy (non-hydrogen) atoms. The van der Waals surface area contributed by atoms with Gasteiger partial charge in [0.2, 0.25) is 5.88 Å². The van der Waals surface area contributed by atoms with Crippen LogP contribution in [0.3, 0.4) is 0 Å². The minimum Gasteiger partial charge on any atom is -0.434 e. The van der Waals surface area contributed by atoms with Crippen LogP contribution >= 0.6 is 11.6 Å². The quantitative estimate of drug-likeness (QED) is 0.887. The Morgan fingerprint density at radius 1 is 1.50 bits per heavy atom. The smallest absolute Gasteiger partial charge is 0.238 e. The van der Waals surface area contributed by atoms with E-state index in [4.69, 9.17) is 21.4 Å². The Labute approximate surface area is 97.3 Å². The van der Waals surface area contributed by atoms with Crippen molar-refractivity contribution < 1.29 is 9.84 Å². The number of nitrogens with zero attached hydrogens (tertiary/aromatic N) is 3. The number of aryl methyl sites for hydroxylation is 1. The lowest BCUT2D eigenvalue weighted by atomic mass is 10.3. The van der Waals surface area contributed by atoms with E-state index < -0.39 is 0 Å². The summed E-state index contributed by atoms with van der Waals surface area (Å²) in [6.45, 7) is -0.0973. The van der Waals surface area contributed by atoms with Crippen LogP contribution in [0.15, 0.2) is 24.7 Å². The average Bonchev–Trinajstić information content (AvgIpc) is 2.67. The maximum absolute atomic E-state index is 8.89. The number of hydrogen-bond donors (Lipinski definition) is 1. The Morgan fingerprint density at radius 3 is 2.88 bits per heavy atom. The van der Waals surface area contributed by atoms with E-state index in [1.165, 1.54) is 6.20 Å². The van der Waals surface area contributed by atoms with Crippen molar-refractivity contribution in [1.29, 1.82) is 0 Å². The summed E-state index contributed by atoms with van der Waals surface area (Å²) in [5, 5.41) is 13.2. The summed E-state index contributed by atoms with van der Waals surface area (Å²) in [5.41, 5.74) is 0.642. The summed E-state index contributed by atoms with van der Waals surface area (Å²) in [6, 6.07) is 1.61. The van der Waals surface area contributed by atoms with Crippen molar-refractivity contribution in [3.8, 4) is 11.6 Å². The highest BCUT2D eigenvalue weighted by Gasteiger charge is 2.07. The molecule has 0 radical (unpaired) electrons. The highest BCUT2D eigenvalue weighted by Crippen LogP contribution is 2.27. The normalized spacial score (nSPS) is 10.4. The van der Waals surface area contributed by atoms with Crippen LogP contribution in [0.2, 0.25) is 5.02 Å². The minimum atomic E-state index is -0.0973. The maximum atomic E-state index is 8.89. The van der Waals surface area contributed by atoms with Crippen LogP contribution in [0, 0.1) is 0 Å². The predicted molar refractivity (Wildman–Crippen MR) is 58.5 cm³/mol. The number of aliphatic hydroxyl groups excluding tert-OH is 1. The Hall–Kier alpha value is -1.59. The zero-order chi connectivity index (χ0) is 11.5. The number of ether oxygens (including phenoxy) is 1. The first-order valence-corrected chi connectivity index (χ1v) is 4.98. The Balaban J connectivity index is 2.21. The van der Waals surface area contributed by atoms with Gasteiger partial charge in [-0.15, -0.1) is 0 Å². The molecular weight excluding hydrogens is 230 g/mol.